The number of nitrogens with zero attached hydrogens (tertiary/aromatic N) is 3. The average Bonchev–Trinajstić information content (AvgIpc) is 2.93. The van der Waals surface area contributed by atoms with Crippen LogP contribution < -0.4 is 15.8 Å². The largest absolute Gasteiger partial charge is 0.480 e. The fraction of sp³-hybridized carbons (Fsp3) is 0.379. The van der Waals surface area contributed by atoms with Crippen molar-refractivity contribution in [3.05, 3.63) is 79.6 Å². The smallest absolute Gasteiger partial charge is 0.411 e. The number of alkyl halides is 3. The normalized spacial score (nSPS) is 16.2. The Morgan fingerprint density at radius 3 is 2.51 bits per heavy atom. The quantitative estimate of drug-likeness (QED) is 0.376. The lowest BCUT2D eigenvalue weighted by Crippen LogP contribution is -2.53. The van der Waals surface area contributed by atoms with Crippen molar-refractivity contribution in [2.75, 3.05) is 24.7 Å². The molecule has 230 valence electrons. The van der Waals surface area contributed by atoms with E-state index in [-0.39, 0.29) is 47.1 Å². The number of benzene rings is 2. The number of aryl methyl sites for hydroxylation is 2. The second-order valence-electron chi connectivity index (χ2n) is 10.3. The van der Waals surface area contributed by atoms with Gasteiger partial charge in [-0.05, 0) is 50.1 Å². The summed E-state index contributed by atoms with van der Waals surface area (Å²) in [7, 11) is 1.61. The first-order valence-corrected chi connectivity index (χ1v) is 13.6. The van der Waals surface area contributed by atoms with E-state index in [1.807, 2.05) is 0 Å². The van der Waals surface area contributed by atoms with E-state index >= 15 is 4.39 Å². The Labute approximate surface area is 249 Å². The predicted octanol–water partition coefficient (Wildman–Crippen LogP) is 4.36. The molecule has 1 fully saturated rings. The molecule has 1 amide bonds. The molecule has 0 aliphatic carbocycles. The first-order valence-electron chi connectivity index (χ1n) is 13.2. The Morgan fingerprint density at radius 2 is 1.91 bits per heavy atom. The highest BCUT2D eigenvalue weighted by Crippen LogP contribution is 2.33. The van der Waals surface area contributed by atoms with Crippen molar-refractivity contribution in [3.8, 4) is 11.3 Å². The number of anilines is 1. The van der Waals surface area contributed by atoms with Crippen LogP contribution in [0.25, 0.3) is 11.3 Å². The zero-order valence-corrected chi connectivity index (χ0v) is 24.4. The Hall–Kier alpha value is -3.97. The second kappa shape index (κ2) is 12.3. The average molecular weight is 625 g/mol. The van der Waals surface area contributed by atoms with Crippen LogP contribution in [0, 0.1) is 26.6 Å². The van der Waals surface area contributed by atoms with Crippen molar-refractivity contribution in [1.82, 2.24) is 14.9 Å². The van der Waals surface area contributed by atoms with Crippen LogP contribution in [0.3, 0.4) is 0 Å². The molecule has 2 atom stereocenters. The first kappa shape index (κ1) is 32.0. The van der Waals surface area contributed by atoms with Crippen LogP contribution in [-0.4, -0.2) is 64.6 Å². The second-order valence-corrected chi connectivity index (χ2v) is 10.7. The standard InChI is InChI=1S/C29H29ClF4N4O5/c1-14-9-18(38-7-8-43-13-23(38)29(32,33)34)12-21(31)24(14)26(39)36-22(28(41)42)11-17-5-6-19(20(30)10-17)25-27(40)37(4)16(3)15(2)35-25/h5-6,9-10,12,22-23H,7-8,11,13H2,1-4H3,(H,36,39)(H,41,42)/t22?,23-/m1/s1. The van der Waals surface area contributed by atoms with E-state index in [4.69, 9.17) is 16.3 Å². The Balaban J connectivity index is 1.56. The van der Waals surface area contributed by atoms with Crippen LogP contribution in [0.5, 0.6) is 0 Å². The number of carboxylic acid groups (broad SMARTS) is 1. The maximum atomic E-state index is 15.2. The number of hydrogen-bond donors (Lipinski definition) is 2. The minimum Gasteiger partial charge on any atom is -0.480 e. The van der Waals surface area contributed by atoms with Gasteiger partial charge in [0.15, 0.2) is 0 Å². The van der Waals surface area contributed by atoms with Crippen molar-refractivity contribution in [1.29, 1.82) is 0 Å². The van der Waals surface area contributed by atoms with E-state index in [2.05, 4.69) is 10.3 Å². The van der Waals surface area contributed by atoms with E-state index in [0.717, 1.165) is 11.0 Å². The van der Waals surface area contributed by atoms with E-state index in [1.165, 1.54) is 29.7 Å². The Kier molecular flexibility index (Phi) is 9.16. The summed E-state index contributed by atoms with van der Waals surface area (Å²) in [6.45, 7) is 4.12. The fourth-order valence-electron chi connectivity index (χ4n) is 4.93. The molecule has 1 unspecified atom stereocenters. The lowest BCUT2D eigenvalue weighted by atomic mass is 10.0. The van der Waals surface area contributed by atoms with Gasteiger partial charge in [0.1, 0.15) is 23.6 Å². The lowest BCUT2D eigenvalue weighted by Gasteiger charge is -2.38. The minimum atomic E-state index is -4.62. The topological polar surface area (TPSA) is 114 Å². The molecule has 0 saturated carbocycles. The molecule has 2 heterocycles. The number of rotatable bonds is 7. The number of halogens is 5. The molecule has 0 spiro atoms. The van der Waals surface area contributed by atoms with Gasteiger partial charge >= 0.3 is 12.1 Å². The highest BCUT2D eigenvalue weighted by molar-refractivity contribution is 6.33. The van der Waals surface area contributed by atoms with E-state index < -0.39 is 48.1 Å². The number of nitrogens with one attached hydrogen (secondary N) is 1. The molecule has 14 heteroatoms. The number of aliphatic carboxylic acids is 1. The highest BCUT2D eigenvalue weighted by Gasteiger charge is 2.45. The summed E-state index contributed by atoms with van der Waals surface area (Å²) >= 11 is 6.45. The number of amides is 1. The maximum Gasteiger partial charge on any atom is 0.411 e. The van der Waals surface area contributed by atoms with E-state index in [1.54, 1.807) is 27.0 Å². The lowest BCUT2D eigenvalue weighted by molar-refractivity contribution is -0.167. The van der Waals surface area contributed by atoms with Gasteiger partial charge in [-0.3, -0.25) is 9.59 Å². The molecule has 9 nitrogen and oxygen atoms in total. The summed E-state index contributed by atoms with van der Waals surface area (Å²) in [4.78, 5) is 43.2. The summed E-state index contributed by atoms with van der Waals surface area (Å²) in [6.07, 6.45) is -4.86. The molecular weight excluding hydrogens is 596 g/mol. The molecule has 2 aromatic carbocycles. The van der Waals surface area contributed by atoms with Gasteiger partial charge in [-0.2, -0.15) is 13.2 Å². The van der Waals surface area contributed by atoms with Gasteiger partial charge in [0.2, 0.25) is 0 Å². The molecule has 2 N–H and O–H groups in total. The predicted molar refractivity (Wildman–Crippen MR) is 151 cm³/mol. The summed E-state index contributed by atoms with van der Waals surface area (Å²) < 4.78 is 62.1. The van der Waals surface area contributed by atoms with Crippen molar-refractivity contribution >= 4 is 29.2 Å². The zero-order chi connectivity index (χ0) is 31.8. The number of carbonyl (C=O) groups is 2. The number of aromatic nitrogens is 2. The third kappa shape index (κ3) is 6.67. The molecule has 3 aromatic rings. The van der Waals surface area contributed by atoms with Crippen molar-refractivity contribution in [3.63, 3.8) is 0 Å². The van der Waals surface area contributed by atoms with Gasteiger partial charge in [-0.25, -0.2) is 14.2 Å². The molecule has 43 heavy (non-hydrogen) atoms. The summed E-state index contributed by atoms with van der Waals surface area (Å²) in [5.74, 6) is -3.55. The maximum absolute atomic E-state index is 15.2. The van der Waals surface area contributed by atoms with Gasteiger partial charge in [0, 0.05) is 37.0 Å². The summed E-state index contributed by atoms with van der Waals surface area (Å²) in [6, 6.07) is 3.11. The van der Waals surface area contributed by atoms with Gasteiger partial charge in [-0.15, -0.1) is 0 Å². The number of carbonyl (C=O) groups excluding carboxylic acids is 1. The molecule has 4 rings (SSSR count). The van der Waals surface area contributed by atoms with Crippen LogP contribution in [0.1, 0.15) is 32.9 Å². The molecule has 1 saturated heterocycles. The van der Waals surface area contributed by atoms with Gasteiger partial charge in [0.25, 0.3) is 11.5 Å². The third-order valence-electron chi connectivity index (χ3n) is 7.48. The van der Waals surface area contributed by atoms with Crippen LogP contribution in [0.4, 0.5) is 23.2 Å². The van der Waals surface area contributed by atoms with Gasteiger partial charge < -0.3 is 24.6 Å². The summed E-state index contributed by atoms with van der Waals surface area (Å²) in [5, 5.41) is 12.2. The first-order chi connectivity index (χ1) is 20.1. The van der Waals surface area contributed by atoms with E-state index in [9.17, 15) is 32.7 Å². The summed E-state index contributed by atoms with van der Waals surface area (Å²) in [5.41, 5.74) is 1.29. The van der Waals surface area contributed by atoms with E-state index in [0.29, 0.717) is 22.5 Å². The molecule has 1 aliphatic heterocycles. The third-order valence-corrected chi connectivity index (χ3v) is 7.80. The molecule has 1 aromatic heterocycles. The Morgan fingerprint density at radius 1 is 1.21 bits per heavy atom. The zero-order valence-electron chi connectivity index (χ0n) is 23.7. The number of hydrogen-bond acceptors (Lipinski definition) is 6. The SMILES string of the molecule is Cc1cc(N2CCOC[C@@H]2C(F)(F)F)cc(F)c1C(=O)NC(Cc1ccc(-c2nc(C)c(C)n(C)c2=O)c(Cl)c1)C(=O)O. The number of morpholine rings is 1. The highest BCUT2D eigenvalue weighted by atomic mass is 35.5. The minimum absolute atomic E-state index is 0.0125. The Bertz CT molecular complexity index is 1620. The molecular formula is C29H29ClF4N4O5. The monoisotopic (exact) mass is 624 g/mol. The van der Waals surface area contributed by atoms with Crippen LogP contribution >= 0.6 is 11.6 Å². The molecule has 1 aliphatic rings. The van der Waals surface area contributed by atoms with Crippen molar-refractivity contribution < 1.29 is 37.0 Å². The van der Waals surface area contributed by atoms with Crippen molar-refractivity contribution in [2.24, 2.45) is 7.05 Å². The molecule has 0 radical (unpaired) electrons. The van der Waals surface area contributed by atoms with Crippen LogP contribution in [-0.2, 0) is 23.0 Å². The van der Waals surface area contributed by atoms with Crippen molar-refractivity contribution in [2.45, 2.75) is 45.5 Å². The van der Waals surface area contributed by atoms with Gasteiger partial charge in [0.05, 0.1) is 29.5 Å². The van der Waals surface area contributed by atoms with Crippen LogP contribution in [0.2, 0.25) is 5.02 Å². The van der Waals surface area contributed by atoms with Gasteiger partial charge in [-0.1, -0.05) is 23.7 Å². The van der Waals surface area contributed by atoms with Crippen LogP contribution in [0.15, 0.2) is 35.1 Å². The number of ether oxygens (including phenoxy) is 1. The fourth-order valence-corrected chi connectivity index (χ4v) is 5.23. The molecule has 0 bridgehead atoms. The number of carboxylic acids is 1.